The van der Waals surface area contributed by atoms with Crippen LogP contribution in [0, 0.1) is 0 Å². The fourth-order valence-corrected chi connectivity index (χ4v) is 1.97. The summed E-state index contributed by atoms with van der Waals surface area (Å²) >= 11 is 0. The number of carbonyl (C=O) groups is 1. The molecule has 1 aromatic carbocycles. The van der Waals surface area contributed by atoms with Gasteiger partial charge in [0.05, 0.1) is 18.8 Å². The van der Waals surface area contributed by atoms with E-state index in [1.165, 1.54) is 0 Å². The van der Waals surface area contributed by atoms with Gasteiger partial charge in [0.25, 0.3) is 0 Å². The van der Waals surface area contributed by atoms with Gasteiger partial charge in [-0.15, -0.1) is 0 Å². The molecule has 19 heavy (non-hydrogen) atoms. The van der Waals surface area contributed by atoms with Crippen LogP contribution in [0.3, 0.4) is 0 Å². The Labute approximate surface area is 114 Å². The Balaban J connectivity index is 1.57. The van der Waals surface area contributed by atoms with Crippen molar-refractivity contribution in [3.63, 3.8) is 0 Å². The maximum Gasteiger partial charge on any atom is 0.338 e. The summed E-state index contributed by atoms with van der Waals surface area (Å²) in [7, 11) is 2.05. The molecule has 0 radical (unpaired) electrons. The number of rotatable bonds is 6. The second kappa shape index (κ2) is 6.83. The summed E-state index contributed by atoms with van der Waals surface area (Å²) in [6.45, 7) is 2.44. The average Bonchev–Trinajstić information content (AvgIpc) is 2.85. The lowest BCUT2D eigenvalue weighted by Gasteiger charge is -2.17. The highest BCUT2D eigenvalue weighted by atomic mass is 16.5. The van der Waals surface area contributed by atoms with E-state index >= 15 is 0 Å². The van der Waals surface area contributed by atoms with Gasteiger partial charge in [-0.2, -0.15) is 0 Å². The standard InChI is InChI=1S/C15H20N2O2/c1-16-10-11-17(13-16)9-5-6-12-19-15(18)14-7-3-2-4-8-14/h2-4,7-8,10-11H,5-6,9,12-13H2,1H3. The molecule has 0 aromatic heterocycles. The van der Waals surface area contributed by atoms with Gasteiger partial charge in [-0.3, -0.25) is 0 Å². The van der Waals surface area contributed by atoms with Gasteiger partial charge < -0.3 is 14.5 Å². The molecule has 2 rings (SSSR count). The second-order valence-corrected chi connectivity index (χ2v) is 4.72. The fourth-order valence-electron chi connectivity index (χ4n) is 1.97. The number of benzene rings is 1. The summed E-state index contributed by atoms with van der Waals surface area (Å²) in [5, 5.41) is 0. The van der Waals surface area contributed by atoms with E-state index in [-0.39, 0.29) is 5.97 Å². The van der Waals surface area contributed by atoms with E-state index in [4.69, 9.17) is 4.74 Å². The maximum atomic E-state index is 11.7. The molecule has 0 atom stereocenters. The Kier molecular flexibility index (Phi) is 4.84. The minimum Gasteiger partial charge on any atom is -0.462 e. The molecule has 0 amide bonds. The molecule has 0 bridgehead atoms. The van der Waals surface area contributed by atoms with Crippen LogP contribution in [0.1, 0.15) is 23.2 Å². The second-order valence-electron chi connectivity index (χ2n) is 4.72. The van der Waals surface area contributed by atoms with Crippen molar-refractivity contribution in [3.05, 3.63) is 48.3 Å². The molecule has 1 aliphatic heterocycles. The Hall–Kier alpha value is -1.97. The fraction of sp³-hybridized carbons (Fsp3) is 0.400. The van der Waals surface area contributed by atoms with Gasteiger partial charge in [0.2, 0.25) is 0 Å². The van der Waals surface area contributed by atoms with Crippen molar-refractivity contribution >= 4 is 5.97 Å². The van der Waals surface area contributed by atoms with Gasteiger partial charge in [-0.25, -0.2) is 4.79 Å². The molecule has 0 saturated carbocycles. The first-order valence-corrected chi connectivity index (χ1v) is 6.60. The lowest BCUT2D eigenvalue weighted by atomic mass is 10.2. The van der Waals surface area contributed by atoms with Crippen LogP contribution in [0.15, 0.2) is 42.7 Å². The molecule has 0 spiro atoms. The molecule has 1 aromatic rings. The Bertz CT molecular complexity index is 431. The third kappa shape index (κ3) is 4.32. The largest absolute Gasteiger partial charge is 0.462 e. The van der Waals surface area contributed by atoms with E-state index in [1.807, 2.05) is 18.2 Å². The SMILES string of the molecule is CN1C=CN(CCCCOC(=O)c2ccccc2)C1. The number of esters is 1. The van der Waals surface area contributed by atoms with E-state index in [0.717, 1.165) is 26.1 Å². The summed E-state index contributed by atoms with van der Waals surface area (Å²) in [6, 6.07) is 9.11. The topological polar surface area (TPSA) is 32.8 Å². The average molecular weight is 260 g/mol. The smallest absolute Gasteiger partial charge is 0.338 e. The molecule has 102 valence electrons. The van der Waals surface area contributed by atoms with Crippen LogP contribution < -0.4 is 0 Å². The number of unbranched alkanes of at least 4 members (excludes halogenated alkanes) is 1. The van der Waals surface area contributed by atoms with E-state index < -0.39 is 0 Å². The molecule has 4 heteroatoms. The number of hydrogen-bond acceptors (Lipinski definition) is 4. The number of hydrogen-bond donors (Lipinski definition) is 0. The minimum atomic E-state index is -0.235. The molecule has 1 aliphatic rings. The van der Waals surface area contributed by atoms with Crippen molar-refractivity contribution in [2.45, 2.75) is 12.8 Å². The van der Waals surface area contributed by atoms with Crippen LogP contribution in [0.2, 0.25) is 0 Å². The van der Waals surface area contributed by atoms with Crippen LogP contribution in [-0.4, -0.2) is 42.6 Å². The molecule has 0 saturated heterocycles. The van der Waals surface area contributed by atoms with E-state index in [9.17, 15) is 4.79 Å². The van der Waals surface area contributed by atoms with Crippen LogP contribution >= 0.6 is 0 Å². The maximum absolute atomic E-state index is 11.7. The summed E-state index contributed by atoms with van der Waals surface area (Å²) < 4.78 is 5.23. The zero-order valence-corrected chi connectivity index (χ0v) is 11.3. The first kappa shape index (κ1) is 13.5. The molecular formula is C15H20N2O2. The highest BCUT2D eigenvalue weighted by Crippen LogP contribution is 2.06. The van der Waals surface area contributed by atoms with Gasteiger partial charge in [0.15, 0.2) is 0 Å². The molecule has 0 aliphatic carbocycles. The molecular weight excluding hydrogens is 240 g/mol. The third-order valence-electron chi connectivity index (χ3n) is 3.02. The van der Waals surface area contributed by atoms with Crippen LogP contribution in [0.25, 0.3) is 0 Å². The van der Waals surface area contributed by atoms with Crippen molar-refractivity contribution < 1.29 is 9.53 Å². The lowest BCUT2D eigenvalue weighted by molar-refractivity contribution is 0.0496. The molecule has 0 N–H and O–H groups in total. The van der Waals surface area contributed by atoms with E-state index in [1.54, 1.807) is 12.1 Å². The first-order valence-electron chi connectivity index (χ1n) is 6.60. The lowest BCUT2D eigenvalue weighted by Crippen LogP contribution is -2.23. The minimum absolute atomic E-state index is 0.235. The first-order chi connectivity index (χ1) is 9.25. The van der Waals surface area contributed by atoms with Crippen LogP contribution in [0.5, 0.6) is 0 Å². The van der Waals surface area contributed by atoms with E-state index in [2.05, 4.69) is 29.2 Å². The molecule has 4 nitrogen and oxygen atoms in total. The predicted octanol–water partition coefficient (Wildman–Crippen LogP) is 2.30. The zero-order valence-electron chi connectivity index (χ0n) is 11.3. The highest BCUT2D eigenvalue weighted by molar-refractivity contribution is 5.89. The molecule has 1 heterocycles. The Morgan fingerprint density at radius 1 is 1.21 bits per heavy atom. The van der Waals surface area contributed by atoms with Crippen LogP contribution in [-0.2, 0) is 4.74 Å². The molecule has 0 fully saturated rings. The van der Waals surface area contributed by atoms with Gasteiger partial charge >= 0.3 is 5.97 Å². The summed E-state index contributed by atoms with van der Waals surface area (Å²) in [4.78, 5) is 16.0. The zero-order chi connectivity index (χ0) is 13.5. The van der Waals surface area contributed by atoms with Gasteiger partial charge in [0, 0.05) is 26.0 Å². The van der Waals surface area contributed by atoms with Crippen molar-refractivity contribution in [3.8, 4) is 0 Å². The van der Waals surface area contributed by atoms with E-state index in [0.29, 0.717) is 12.2 Å². The quantitative estimate of drug-likeness (QED) is 0.580. The Morgan fingerprint density at radius 3 is 2.68 bits per heavy atom. The van der Waals surface area contributed by atoms with Crippen molar-refractivity contribution in [1.29, 1.82) is 0 Å². The van der Waals surface area contributed by atoms with Gasteiger partial charge in [0.1, 0.15) is 0 Å². The Morgan fingerprint density at radius 2 is 2.00 bits per heavy atom. The van der Waals surface area contributed by atoms with Crippen molar-refractivity contribution in [1.82, 2.24) is 9.80 Å². The highest BCUT2D eigenvalue weighted by Gasteiger charge is 2.08. The predicted molar refractivity (Wildman–Crippen MR) is 74.4 cm³/mol. The normalized spacial score (nSPS) is 13.9. The third-order valence-corrected chi connectivity index (χ3v) is 3.02. The van der Waals surface area contributed by atoms with Crippen molar-refractivity contribution in [2.75, 3.05) is 26.9 Å². The summed E-state index contributed by atoms with van der Waals surface area (Å²) in [6.07, 6.45) is 6.08. The van der Waals surface area contributed by atoms with Crippen molar-refractivity contribution in [2.24, 2.45) is 0 Å². The monoisotopic (exact) mass is 260 g/mol. The van der Waals surface area contributed by atoms with Gasteiger partial charge in [-0.1, -0.05) is 18.2 Å². The van der Waals surface area contributed by atoms with Gasteiger partial charge in [-0.05, 0) is 25.0 Å². The number of nitrogens with zero attached hydrogens (tertiary/aromatic N) is 2. The van der Waals surface area contributed by atoms with Crippen LogP contribution in [0.4, 0.5) is 0 Å². The summed E-state index contributed by atoms with van der Waals surface area (Å²) in [5.74, 6) is -0.235. The number of carbonyl (C=O) groups excluding carboxylic acids is 1. The molecule has 0 unspecified atom stereocenters. The number of ether oxygens (including phenoxy) is 1. The summed E-state index contributed by atoms with van der Waals surface area (Å²) in [5.41, 5.74) is 0.617.